The van der Waals surface area contributed by atoms with Gasteiger partial charge in [-0.2, -0.15) is 0 Å². The average molecular weight is 319 g/mol. The van der Waals surface area contributed by atoms with Crippen molar-refractivity contribution < 1.29 is 9.21 Å². The van der Waals surface area contributed by atoms with Gasteiger partial charge < -0.3 is 9.32 Å². The number of hydrogen-bond donors (Lipinski definition) is 0. The lowest BCUT2D eigenvalue weighted by Crippen LogP contribution is -2.31. The summed E-state index contributed by atoms with van der Waals surface area (Å²) in [5, 5.41) is 2.37. The number of carbonyl (C=O) groups excluding carboxylic acids is 1. The van der Waals surface area contributed by atoms with Crippen LogP contribution >= 0.6 is 23.1 Å². The van der Waals surface area contributed by atoms with E-state index in [0.717, 1.165) is 35.9 Å². The summed E-state index contributed by atoms with van der Waals surface area (Å²) >= 11 is 3.51. The second kappa shape index (κ2) is 7.00. The van der Waals surface area contributed by atoms with Gasteiger partial charge in [0.05, 0.1) is 11.5 Å². The summed E-state index contributed by atoms with van der Waals surface area (Å²) in [5.74, 6) is 2.07. The van der Waals surface area contributed by atoms with Gasteiger partial charge in [0.1, 0.15) is 5.76 Å². The van der Waals surface area contributed by atoms with E-state index in [1.165, 1.54) is 0 Å². The molecular weight excluding hydrogens is 302 g/mol. The molecule has 0 bridgehead atoms. The Balaban J connectivity index is 1.58. The Morgan fingerprint density at radius 3 is 3.05 bits per heavy atom. The van der Waals surface area contributed by atoms with Crippen LogP contribution in [0.1, 0.15) is 22.3 Å². The van der Waals surface area contributed by atoms with Crippen LogP contribution in [0.5, 0.6) is 0 Å². The number of thioether (sulfide) groups is 1. The van der Waals surface area contributed by atoms with Crippen LogP contribution in [0.3, 0.4) is 0 Å². The van der Waals surface area contributed by atoms with Crippen molar-refractivity contribution in [2.45, 2.75) is 11.7 Å². The van der Waals surface area contributed by atoms with Crippen LogP contribution in [0.15, 0.2) is 46.4 Å². The third-order valence-electron chi connectivity index (χ3n) is 3.45. The van der Waals surface area contributed by atoms with Crippen LogP contribution in [0, 0.1) is 0 Å². The molecular formula is C16H17NO2S2. The van der Waals surface area contributed by atoms with E-state index in [4.69, 9.17) is 4.42 Å². The van der Waals surface area contributed by atoms with Crippen molar-refractivity contribution in [1.82, 2.24) is 4.90 Å². The van der Waals surface area contributed by atoms with Crippen LogP contribution in [-0.4, -0.2) is 29.6 Å². The van der Waals surface area contributed by atoms with Gasteiger partial charge in [0.15, 0.2) is 0 Å². The molecule has 1 aliphatic rings. The lowest BCUT2D eigenvalue weighted by Gasteiger charge is -2.18. The zero-order valence-electron chi connectivity index (χ0n) is 11.6. The molecule has 0 aliphatic carbocycles. The smallest absolute Gasteiger partial charge is 0.246 e. The van der Waals surface area contributed by atoms with Gasteiger partial charge in [-0.25, -0.2) is 0 Å². The second-order valence-electron chi connectivity index (χ2n) is 4.84. The van der Waals surface area contributed by atoms with Crippen LogP contribution in [-0.2, 0) is 4.79 Å². The Morgan fingerprint density at radius 2 is 2.29 bits per heavy atom. The molecule has 3 heterocycles. The first-order chi connectivity index (χ1) is 10.3. The van der Waals surface area contributed by atoms with Crippen LogP contribution < -0.4 is 0 Å². The average Bonchev–Trinajstić information content (AvgIpc) is 3.15. The largest absolute Gasteiger partial charge is 0.468 e. The minimum Gasteiger partial charge on any atom is -0.468 e. The van der Waals surface area contributed by atoms with Gasteiger partial charge in [-0.05, 0) is 36.1 Å². The van der Waals surface area contributed by atoms with Crippen molar-refractivity contribution in [2.75, 3.05) is 18.8 Å². The van der Waals surface area contributed by atoms with Gasteiger partial charge in [-0.15, -0.1) is 23.1 Å². The highest BCUT2D eigenvalue weighted by molar-refractivity contribution is 7.99. The van der Waals surface area contributed by atoms with Gasteiger partial charge in [0, 0.05) is 29.8 Å². The van der Waals surface area contributed by atoms with Crippen molar-refractivity contribution in [3.05, 3.63) is 52.6 Å². The van der Waals surface area contributed by atoms with Crippen molar-refractivity contribution >= 4 is 35.1 Å². The van der Waals surface area contributed by atoms with E-state index in [0.29, 0.717) is 5.25 Å². The molecule has 1 atom stereocenters. The third-order valence-corrected chi connectivity index (χ3v) is 5.57. The zero-order valence-corrected chi connectivity index (χ0v) is 13.2. The molecule has 0 spiro atoms. The van der Waals surface area contributed by atoms with E-state index in [9.17, 15) is 4.79 Å². The molecule has 1 saturated heterocycles. The molecule has 1 fully saturated rings. The fourth-order valence-electron chi connectivity index (χ4n) is 2.34. The van der Waals surface area contributed by atoms with Gasteiger partial charge in [0.2, 0.25) is 5.91 Å². The van der Waals surface area contributed by atoms with E-state index in [2.05, 4.69) is 0 Å². The quantitative estimate of drug-likeness (QED) is 0.800. The summed E-state index contributed by atoms with van der Waals surface area (Å²) in [7, 11) is 0. The Morgan fingerprint density at radius 1 is 1.33 bits per heavy atom. The highest BCUT2D eigenvalue weighted by atomic mass is 32.2. The molecule has 21 heavy (non-hydrogen) atoms. The standard InChI is InChI=1S/C16H17NO2S2/c18-16(6-5-13-3-2-11-20-13)17-8-7-15(21-12-9-17)14-4-1-10-19-14/h1-6,10-11,15H,7-9,12H2/b6-5+. The molecule has 2 aromatic rings. The lowest BCUT2D eigenvalue weighted by molar-refractivity contribution is -0.125. The maximum Gasteiger partial charge on any atom is 0.246 e. The monoisotopic (exact) mass is 319 g/mol. The Bertz CT molecular complexity index is 590. The van der Waals surface area contributed by atoms with Crippen molar-refractivity contribution in [3.8, 4) is 0 Å². The summed E-state index contributed by atoms with van der Waals surface area (Å²) in [4.78, 5) is 15.3. The van der Waals surface area contributed by atoms with Gasteiger partial charge in [-0.3, -0.25) is 4.79 Å². The summed E-state index contributed by atoms with van der Waals surface area (Å²) in [6.07, 6.45) is 6.24. The predicted molar refractivity (Wildman–Crippen MR) is 88.5 cm³/mol. The minimum atomic E-state index is 0.101. The molecule has 3 rings (SSSR count). The molecule has 110 valence electrons. The van der Waals surface area contributed by atoms with Crippen LogP contribution in [0.25, 0.3) is 6.08 Å². The summed E-state index contributed by atoms with van der Waals surface area (Å²) in [6.45, 7) is 1.58. The molecule has 2 aromatic heterocycles. The molecule has 1 aliphatic heterocycles. The van der Waals surface area contributed by atoms with E-state index < -0.39 is 0 Å². The highest BCUT2D eigenvalue weighted by Crippen LogP contribution is 2.34. The minimum absolute atomic E-state index is 0.101. The molecule has 3 nitrogen and oxygen atoms in total. The molecule has 5 heteroatoms. The maximum atomic E-state index is 12.3. The molecule has 0 saturated carbocycles. The molecule has 0 radical (unpaired) electrons. The van der Waals surface area contributed by atoms with Gasteiger partial charge in [-0.1, -0.05) is 6.07 Å². The zero-order chi connectivity index (χ0) is 14.5. The van der Waals surface area contributed by atoms with Gasteiger partial charge in [0.25, 0.3) is 0 Å². The molecule has 0 aromatic carbocycles. The van der Waals surface area contributed by atoms with Crippen molar-refractivity contribution in [3.63, 3.8) is 0 Å². The number of amides is 1. The third kappa shape index (κ3) is 3.80. The van der Waals surface area contributed by atoms with E-state index in [1.54, 1.807) is 23.7 Å². The summed E-state index contributed by atoms with van der Waals surface area (Å²) < 4.78 is 5.48. The van der Waals surface area contributed by atoms with E-state index >= 15 is 0 Å². The van der Waals surface area contributed by atoms with Crippen molar-refractivity contribution in [1.29, 1.82) is 0 Å². The highest BCUT2D eigenvalue weighted by Gasteiger charge is 2.22. The fourth-order valence-corrected chi connectivity index (χ4v) is 4.14. The van der Waals surface area contributed by atoms with E-state index in [-0.39, 0.29) is 5.91 Å². The first kappa shape index (κ1) is 14.5. The van der Waals surface area contributed by atoms with Crippen molar-refractivity contribution in [2.24, 2.45) is 0 Å². The fraction of sp³-hybridized carbons (Fsp3) is 0.312. The number of thiophene rings is 1. The number of nitrogens with zero attached hydrogens (tertiary/aromatic N) is 1. The number of hydrogen-bond acceptors (Lipinski definition) is 4. The predicted octanol–water partition coefficient (Wildman–Crippen LogP) is 4.06. The van der Waals surface area contributed by atoms with Gasteiger partial charge >= 0.3 is 0 Å². The number of furan rings is 1. The second-order valence-corrected chi connectivity index (χ2v) is 7.13. The Hall–Kier alpha value is -1.46. The maximum absolute atomic E-state index is 12.3. The summed E-state index contributed by atoms with van der Waals surface area (Å²) in [5.41, 5.74) is 0. The number of rotatable bonds is 3. The molecule has 0 N–H and O–H groups in total. The van der Waals surface area contributed by atoms with Crippen LogP contribution in [0.2, 0.25) is 0 Å². The molecule has 1 amide bonds. The Kier molecular flexibility index (Phi) is 4.83. The Labute approximate surface area is 132 Å². The topological polar surface area (TPSA) is 33.5 Å². The normalized spacial score (nSPS) is 19.8. The molecule has 1 unspecified atom stereocenters. The van der Waals surface area contributed by atoms with Crippen LogP contribution in [0.4, 0.5) is 0 Å². The SMILES string of the molecule is O=C(/C=C/c1cccs1)N1CCSC(c2ccco2)CC1. The lowest BCUT2D eigenvalue weighted by atomic mass is 10.2. The first-order valence-corrected chi connectivity index (χ1v) is 8.91. The number of carbonyl (C=O) groups is 1. The summed E-state index contributed by atoms with van der Waals surface area (Å²) in [6, 6.07) is 7.95. The van der Waals surface area contributed by atoms with E-state index in [1.807, 2.05) is 52.4 Å². The first-order valence-electron chi connectivity index (χ1n) is 6.98.